The molecular formula is C19H31N5S. The predicted molar refractivity (Wildman–Crippen MR) is 106 cm³/mol. The zero-order valence-corrected chi connectivity index (χ0v) is 16.2. The predicted octanol–water partition coefficient (Wildman–Crippen LogP) is 2.98. The monoisotopic (exact) mass is 361 g/mol. The Hall–Kier alpha value is -1.30. The third kappa shape index (κ3) is 3.94. The van der Waals surface area contributed by atoms with Gasteiger partial charge in [-0.25, -0.2) is 4.98 Å². The van der Waals surface area contributed by atoms with Crippen LogP contribution in [0.25, 0.3) is 0 Å². The molecule has 1 aliphatic carbocycles. The number of fused-ring (bicyclic) bond motifs is 1. The molecule has 138 valence electrons. The molecule has 4 rings (SSSR count). The van der Waals surface area contributed by atoms with Crippen molar-refractivity contribution in [2.75, 3.05) is 44.7 Å². The molecule has 1 N–H and O–H groups in total. The van der Waals surface area contributed by atoms with E-state index in [2.05, 4.69) is 25.5 Å². The van der Waals surface area contributed by atoms with Gasteiger partial charge in [0.05, 0.1) is 5.69 Å². The fourth-order valence-electron chi connectivity index (χ4n) is 4.68. The molecule has 0 spiro atoms. The van der Waals surface area contributed by atoms with Crippen molar-refractivity contribution in [1.82, 2.24) is 15.2 Å². The molecule has 3 aliphatic rings. The molecule has 0 radical (unpaired) electrons. The first-order valence-electron chi connectivity index (χ1n) is 9.98. The maximum absolute atomic E-state index is 4.82. The maximum atomic E-state index is 4.82. The molecule has 5 nitrogen and oxygen atoms in total. The molecule has 2 saturated heterocycles. The third-order valence-corrected chi connectivity index (χ3v) is 7.02. The van der Waals surface area contributed by atoms with E-state index in [9.17, 15) is 0 Å². The number of aliphatic imine (C=N–C) groups is 1. The second-order valence-electron chi connectivity index (χ2n) is 7.75. The average Bonchev–Trinajstić information content (AvgIpc) is 3.38. The number of anilines is 1. The van der Waals surface area contributed by atoms with Gasteiger partial charge in [-0.1, -0.05) is 12.8 Å². The molecule has 3 heterocycles. The smallest absolute Gasteiger partial charge is 0.193 e. The van der Waals surface area contributed by atoms with Crippen LogP contribution in [-0.4, -0.2) is 55.6 Å². The lowest BCUT2D eigenvalue weighted by Gasteiger charge is -2.22. The Morgan fingerprint density at radius 3 is 2.60 bits per heavy atom. The van der Waals surface area contributed by atoms with Crippen LogP contribution in [0.15, 0.2) is 10.4 Å². The summed E-state index contributed by atoms with van der Waals surface area (Å²) < 4.78 is 0. The molecule has 3 fully saturated rings. The van der Waals surface area contributed by atoms with Crippen LogP contribution < -0.4 is 10.2 Å². The standard InChI is InChI=1S/C19H31N5S/c1-20-18(24-12-15-6-2-3-7-16(15)13-24)21-9-8-17-14-25-19(22-17)23-10-4-5-11-23/h14-16H,2-13H2,1H3,(H,20,21). The van der Waals surface area contributed by atoms with E-state index in [1.807, 2.05) is 7.05 Å². The van der Waals surface area contributed by atoms with Gasteiger partial charge in [-0.2, -0.15) is 0 Å². The van der Waals surface area contributed by atoms with Crippen LogP contribution in [0, 0.1) is 11.8 Å². The lowest BCUT2D eigenvalue weighted by Crippen LogP contribution is -2.41. The average molecular weight is 362 g/mol. The zero-order chi connectivity index (χ0) is 17.1. The van der Waals surface area contributed by atoms with Crippen LogP contribution in [0.1, 0.15) is 44.2 Å². The minimum absolute atomic E-state index is 0.897. The number of aromatic nitrogens is 1. The number of hydrogen-bond donors (Lipinski definition) is 1. The van der Waals surface area contributed by atoms with Gasteiger partial charge < -0.3 is 15.1 Å². The van der Waals surface area contributed by atoms with Crippen molar-refractivity contribution in [2.45, 2.75) is 44.9 Å². The van der Waals surface area contributed by atoms with Gasteiger partial charge in [0.15, 0.2) is 11.1 Å². The molecule has 2 atom stereocenters. The summed E-state index contributed by atoms with van der Waals surface area (Å²) in [5.41, 5.74) is 1.21. The van der Waals surface area contributed by atoms with Crippen molar-refractivity contribution in [3.05, 3.63) is 11.1 Å². The van der Waals surface area contributed by atoms with E-state index in [1.165, 1.54) is 75.5 Å². The number of rotatable bonds is 4. The van der Waals surface area contributed by atoms with E-state index in [0.717, 1.165) is 30.8 Å². The fourth-order valence-corrected chi connectivity index (χ4v) is 5.59. The van der Waals surface area contributed by atoms with Crippen molar-refractivity contribution < 1.29 is 0 Å². The molecular weight excluding hydrogens is 330 g/mol. The van der Waals surface area contributed by atoms with Crippen LogP contribution in [0.3, 0.4) is 0 Å². The molecule has 2 aliphatic heterocycles. The van der Waals surface area contributed by atoms with Crippen LogP contribution >= 0.6 is 11.3 Å². The number of nitrogens with one attached hydrogen (secondary N) is 1. The van der Waals surface area contributed by atoms with Gasteiger partial charge in [0.1, 0.15) is 0 Å². The second-order valence-corrected chi connectivity index (χ2v) is 8.59. The van der Waals surface area contributed by atoms with Crippen LogP contribution in [-0.2, 0) is 6.42 Å². The Labute approximate surface area is 155 Å². The minimum Gasteiger partial charge on any atom is -0.356 e. The number of nitrogens with zero attached hydrogens (tertiary/aromatic N) is 4. The first kappa shape index (κ1) is 17.1. The van der Waals surface area contributed by atoms with Crippen molar-refractivity contribution in [2.24, 2.45) is 16.8 Å². The maximum Gasteiger partial charge on any atom is 0.193 e. The summed E-state index contributed by atoms with van der Waals surface area (Å²) in [5.74, 6) is 2.88. The van der Waals surface area contributed by atoms with Gasteiger partial charge in [-0.3, -0.25) is 4.99 Å². The summed E-state index contributed by atoms with van der Waals surface area (Å²) in [6, 6.07) is 0. The fraction of sp³-hybridized carbons (Fsp3) is 0.789. The summed E-state index contributed by atoms with van der Waals surface area (Å²) >= 11 is 1.80. The van der Waals surface area contributed by atoms with Crippen molar-refractivity contribution >= 4 is 22.4 Å². The zero-order valence-electron chi connectivity index (χ0n) is 15.4. The first-order chi connectivity index (χ1) is 12.3. The minimum atomic E-state index is 0.897. The molecule has 1 aromatic heterocycles. The summed E-state index contributed by atoms with van der Waals surface area (Å²) in [6.07, 6.45) is 9.26. The summed E-state index contributed by atoms with van der Waals surface area (Å²) in [7, 11) is 1.92. The van der Waals surface area contributed by atoms with E-state index in [4.69, 9.17) is 4.98 Å². The normalized spacial score (nSPS) is 27.0. The highest BCUT2D eigenvalue weighted by atomic mass is 32.1. The third-order valence-electron chi connectivity index (χ3n) is 6.07. The van der Waals surface area contributed by atoms with Gasteiger partial charge in [0.25, 0.3) is 0 Å². The number of guanidine groups is 1. The highest BCUT2D eigenvalue weighted by Crippen LogP contribution is 2.35. The summed E-state index contributed by atoms with van der Waals surface area (Å²) in [5, 5.41) is 7.01. The topological polar surface area (TPSA) is 43.8 Å². The molecule has 0 amide bonds. The van der Waals surface area contributed by atoms with Gasteiger partial charge >= 0.3 is 0 Å². The Morgan fingerprint density at radius 2 is 1.92 bits per heavy atom. The number of hydrogen-bond acceptors (Lipinski definition) is 4. The van der Waals surface area contributed by atoms with E-state index in [0.29, 0.717) is 0 Å². The lowest BCUT2D eigenvalue weighted by molar-refractivity contribution is 0.299. The highest BCUT2D eigenvalue weighted by Gasteiger charge is 2.35. The van der Waals surface area contributed by atoms with Crippen molar-refractivity contribution in [1.29, 1.82) is 0 Å². The Balaban J connectivity index is 1.26. The summed E-state index contributed by atoms with van der Waals surface area (Å²) in [6.45, 7) is 5.66. The number of likely N-dealkylation sites (tertiary alicyclic amines) is 1. The molecule has 1 aromatic rings. The van der Waals surface area contributed by atoms with E-state index in [-0.39, 0.29) is 0 Å². The lowest BCUT2D eigenvalue weighted by atomic mass is 9.82. The molecule has 2 unspecified atom stereocenters. The Bertz CT molecular complexity index is 578. The first-order valence-corrected chi connectivity index (χ1v) is 10.9. The molecule has 0 bridgehead atoms. The van der Waals surface area contributed by atoms with Crippen LogP contribution in [0.4, 0.5) is 5.13 Å². The Kier molecular flexibility index (Phi) is 5.44. The Morgan fingerprint density at radius 1 is 1.20 bits per heavy atom. The number of thiazole rings is 1. The molecule has 1 saturated carbocycles. The van der Waals surface area contributed by atoms with Gasteiger partial charge in [-0.05, 0) is 37.5 Å². The highest BCUT2D eigenvalue weighted by molar-refractivity contribution is 7.13. The van der Waals surface area contributed by atoms with Crippen LogP contribution in [0.5, 0.6) is 0 Å². The van der Waals surface area contributed by atoms with Crippen molar-refractivity contribution in [3.8, 4) is 0 Å². The van der Waals surface area contributed by atoms with Crippen LogP contribution in [0.2, 0.25) is 0 Å². The van der Waals surface area contributed by atoms with Crippen molar-refractivity contribution in [3.63, 3.8) is 0 Å². The second kappa shape index (κ2) is 7.94. The SMILES string of the molecule is CN=C(NCCc1csc(N2CCCC2)n1)N1CC2CCCCC2C1. The largest absolute Gasteiger partial charge is 0.356 e. The van der Waals surface area contributed by atoms with Gasteiger partial charge in [-0.15, -0.1) is 11.3 Å². The van der Waals surface area contributed by atoms with Gasteiger partial charge in [0.2, 0.25) is 0 Å². The van der Waals surface area contributed by atoms with E-state index in [1.54, 1.807) is 11.3 Å². The van der Waals surface area contributed by atoms with Gasteiger partial charge in [0, 0.05) is 51.6 Å². The van der Waals surface area contributed by atoms with E-state index < -0.39 is 0 Å². The van der Waals surface area contributed by atoms with E-state index >= 15 is 0 Å². The molecule has 0 aromatic carbocycles. The summed E-state index contributed by atoms with van der Waals surface area (Å²) in [4.78, 5) is 14.3. The quantitative estimate of drug-likeness (QED) is 0.661. The molecule has 25 heavy (non-hydrogen) atoms. The molecule has 6 heteroatoms.